The molecule has 0 unspecified atom stereocenters. The van der Waals surface area contributed by atoms with Gasteiger partial charge in [-0.05, 0) is 37.1 Å². The van der Waals surface area contributed by atoms with Crippen LogP contribution in [0, 0.1) is 13.8 Å². The van der Waals surface area contributed by atoms with Gasteiger partial charge >= 0.3 is 0 Å². The largest absolute Gasteiger partial charge is 0.493 e. The molecule has 1 aromatic heterocycles. The molecule has 1 heterocycles. The Morgan fingerprint density at radius 1 is 1.28 bits per heavy atom. The topological polar surface area (TPSA) is 63.9 Å². The van der Waals surface area contributed by atoms with Crippen LogP contribution in [0.4, 0.5) is 5.82 Å². The highest BCUT2D eigenvalue weighted by molar-refractivity contribution is 6.32. The highest BCUT2D eigenvalue weighted by Crippen LogP contribution is 2.25. The van der Waals surface area contributed by atoms with E-state index in [0.29, 0.717) is 12.4 Å². The summed E-state index contributed by atoms with van der Waals surface area (Å²) in [7, 11) is 0. The predicted molar refractivity (Wildman–Crippen MR) is 73.1 cm³/mol. The molecular weight excluding hydrogens is 250 g/mol. The van der Waals surface area contributed by atoms with Crippen molar-refractivity contribution in [2.45, 2.75) is 20.3 Å². The van der Waals surface area contributed by atoms with Crippen molar-refractivity contribution in [2.75, 3.05) is 12.3 Å². The van der Waals surface area contributed by atoms with Crippen molar-refractivity contribution in [3.63, 3.8) is 0 Å². The van der Waals surface area contributed by atoms with Gasteiger partial charge in [-0.15, -0.1) is 0 Å². The molecule has 0 atom stereocenters. The van der Waals surface area contributed by atoms with Crippen molar-refractivity contribution in [1.82, 2.24) is 10.2 Å². The fourth-order valence-corrected chi connectivity index (χ4v) is 1.88. The van der Waals surface area contributed by atoms with Crippen molar-refractivity contribution >= 4 is 17.4 Å². The highest BCUT2D eigenvalue weighted by atomic mass is 35.5. The van der Waals surface area contributed by atoms with E-state index in [9.17, 15) is 0 Å². The number of benzene rings is 1. The van der Waals surface area contributed by atoms with E-state index in [-0.39, 0.29) is 0 Å². The third-order valence-electron chi connectivity index (χ3n) is 2.70. The summed E-state index contributed by atoms with van der Waals surface area (Å²) in [5.41, 5.74) is 8.54. The number of nitrogens with one attached hydrogen (secondary N) is 1. The molecule has 0 amide bonds. The van der Waals surface area contributed by atoms with Crippen LogP contribution in [0.3, 0.4) is 0 Å². The van der Waals surface area contributed by atoms with E-state index in [2.05, 4.69) is 10.2 Å². The fourth-order valence-electron chi connectivity index (χ4n) is 1.78. The number of nitrogens with zero attached hydrogens (tertiary/aromatic N) is 1. The first-order valence-electron chi connectivity index (χ1n) is 5.75. The Kier molecular flexibility index (Phi) is 3.77. The smallest absolute Gasteiger partial charge is 0.145 e. The Labute approximate surface area is 111 Å². The van der Waals surface area contributed by atoms with E-state index < -0.39 is 0 Å². The molecule has 96 valence electrons. The van der Waals surface area contributed by atoms with Gasteiger partial charge in [-0.3, -0.25) is 5.10 Å². The number of anilines is 1. The van der Waals surface area contributed by atoms with Crippen molar-refractivity contribution in [3.8, 4) is 5.75 Å². The minimum absolute atomic E-state index is 0.503. The quantitative estimate of drug-likeness (QED) is 0.893. The van der Waals surface area contributed by atoms with Crippen LogP contribution in [0.5, 0.6) is 5.75 Å². The van der Waals surface area contributed by atoms with E-state index in [1.807, 2.05) is 32.0 Å². The van der Waals surface area contributed by atoms with Gasteiger partial charge in [0.05, 0.1) is 6.61 Å². The first-order valence-corrected chi connectivity index (χ1v) is 6.13. The van der Waals surface area contributed by atoms with Gasteiger partial charge < -0.3 is 10.5 Å². The van der Waals surface area contributed by atoms with Crippen molar-refractivity contribution in [2.24, 2.45) is 0 Å². The summed E-state index contributed by atoms with van der Waals surface area (Å²) < 4.78 is 5.69. The van der Waals surface area contributed by atoms with Gasteiger partial charge in [-0.2, -0.15) is 5.10 Å². The molecule has 0 saturated heterocycles. The first-order chi connectivity index (χ1) is 8.56. The molecule has 0 aliphatic rings. The third-order valence-corrected chi connectivity index (χ3v) is 3.30. The van der Waals surface area contributed by atoms with Gasteiger partial charge in [0, 0.05) is 23.2 Å². The zero-order valence-electron chi connectivity index (χ0n) is 10.5. The van der Waals surface area contributed by atoms with Crippen molar-refractivity contribution < 1.29 is 4.74 Å². The van der Waals surface area contributed by atoms with E-state index in [4.69, 9.17) is 22.1 Å². The number of aromatic amines is 1. The summed E-state index contributed by atoms with van der Waals surface area (Å²) in [6.07, 6.45) is 0.741. The standard InChI is InChI=1S/C13H16ClN3O/c1-8-5-11(6-9(2)13(8)14)18-4-3-10-7-12(15)17-16-10/h5-7H,3-4H2,1-2H3,(H3,15,16,17). The molecule has 1 aromatic carbocycles. The Balaban J connectivity index is 1.94. The van der Waals surface area contributed by atoms with Crippen LogP contribution < -0.4 is 10.5 Å². The number of nitrogen functional groups attached to an aromatic ring is 1. The maximum atomic E-state index is 6.10. The molecular formula is C13H16ClN3O. The minimum atomic E-state index is 0.503. The molecule has 2 aromatic rings. The lowest BCUT2D eigenvalue weighted by atomic mass is 10.1. The Morgan fingerprint density at radius 3 is 2.50 bits per heavy atom. The van der Waals surface area contributed by atoms with Crippen LogP contribution in [-0.4, -0.2) is 16.8 Å². The van der Waals surface area contributed by atoms with Crippen LogP contribution in [0.2, 0.25) is 5.02 Å². The number of H-pyrrole nitrogens is 1. The molecule has 0 radical (unpaired) electrons. The third kappa shape index (κ3) is 2.96. The molecule has 2 rings (SSSR count). The van der Waals surface area contributed by atoms with E-state index >= 15 is 0 Å². The molecule has 3 N–H and O–H groups in total. The number of nitrogens with two attached hydrogens (primary N) is 1. The minimum Gasteiger partial charge on any atom is -0.493 e. The number of hydrogen-bond acceptors (Lipinski definition) is 3. The summed E-state index contributed by atoms with van der Waals surface area (Å²) in [5.74, 6) is 1.34. The van der Waals surface area contributed by atoms with Crippen LogP contribution in [0.15, 0.2) is 18.2 Å². The number of aromatic nitrogens is 2. The van der Waals surface area contributed by atoms with Crippen LogP contribution >= 0.6 is 11.6 Å². The zero-order chi connectivity index (χ0) is 13.1. The number of rotatable bonds is 4. The second kappa shape index (κ2) is 5.31. The number of ether oxygens (including phenoxy) is 1. The van der Waals surface area contributed by atoms with Gasteiger partial charge in [0.25, 0.3) is 0 Å². The average Bonchev–Trinajstić information content (AvgIpc) is 2.72. The zero-order valence-corrected chi connectivity index (χ0v) is 11.2. The van der Waals surface area contributed by atoms with E-state index in [0.717, 1.165) is 34.0 Å². The summed E-state index contributed by atoms with van der Waals surface area (Å²) in [6, 6.07) is 5.69. The number of hydrogen-bond donors (Lipinski definition) is 2. The van der Waals surface area contributed by atoms with Gasteiger partial charge in [-0.25, -0.2) is 0 Å². The average molecular weight is 266 g/mol. The van der Waals surface area contributed by atoms with Crippen LogP contribution in [-0.2, 0) is 6.42 Å². The Morgan fingerprint density at radius 2 is 1.94 bits per heavy atom. The van der Waals surface area contributed by atoms with Gasteiger partial charge in [-0.1, -0.05) is 11.6 Å². The summed E-state index contributed by atoms with van der Waals surface area (Å²) in [6.45, 7) is 4.51. The SMILES string of the molecule is Cc1cc(OCCc2cc(N)n[nH]2)cc(C)c1Cl. The fraction of sp³-hybridized carbons (Fsp3) is 0.308. The Bertz CT molecular complexity index is 528. The number of aryl methyl sites for hydroxylation is 2. The molecule has 0 bridgehead atoms. The Hall–Kier alpha value is -1.68. The lowest BCUT2D eigenvalue weighted by molar-refractivity contribution is 0.320. The van der Waals surface area contributed by atoms with Gasteiger partial charge in [0.2, 0.25) is 0 Å². The van der Waals surface area contributed by atoms with Gasteiger partial charge in [0.15, 0.2) is 0 Å². The normalized spacial score (nSPS) is 10.6. The van der Waals surface area contributed by atoms with Gasteiger partial charge in [0.1, 0.15) is 11.6 Å². The maximum Gasteiger partial charge on any atom is 0.145 e. The molecule has 18 heavy (non-hydrogen) atoms. The molecule has 0 saturated carbocycles. The molecule has 0 aliphatic carbocycles. The van der Waals surface area contributed by atoms with Crippen LogP contribution in [0.1, 0.15) is 16.8 Å². The summed E-state index contributed by atoms with van der Waals surface area (Å²) in [4.78, 5) is 0. The van der Waals surface area contributed by atoms with Crippen molar-refractivity contribution in [1.29, 1.82) is 0 Å². The number of halogens is 1. The molecule has 4 nitrogen and oxygen atoms in total. The lowest BCUT2D eigenvalue weighted by Crippen LogP contribution is -2.02. The summed E-state index contributed by atoms with van der Waals surface area (Å²) in [5, 5.41) is 7.50. The van der Waals surface area contributed by atoms with Crippen molar-refractivity contribution in [3.05, 3.63) is 40.0 Å². The molecule has 5 heteroatoms. The summed E-state index contributed by atoms with van der Waals surface area (Å²) >= 11 is 6.10. The predicted octanol–water partition coefficient (Wildman–Crippen LogP) is 2.88. The first kappa shape index (κ1) is 12.8. The van der Waals surface area contributed by atoms with E-state index in [1.54, 1.807) is 0 Å². The monoisotopic (exact) mass is 265 g/mol. The molecule has 0 aliphatic heterocycles. The lowest BCUT2D eigenvalue weighted by Gasteiger charge is -2.09. The van der Waals surface area contributed by atoms with E-state index in [1.165, 1.54) is 0 Å². The second-order valence-electron chi connectivity index (χ2n) is 4.29. The second-order valence-corrected chi connectivity index (χ2v) is 4.67. The highest BCUT2D eigenvalue weighted by Gasteiger charge is 2.04. The molecule has 0 spiro atoms. The maximum absolute atomic E-state index is 6.10. The van der Waals surface area contributed by atoms with Crippen LogP contribution in [0.25, 0.3) is 0 Å². The molecule has 0 fully saturated rings.